The molecule has 36 heavy (non-hydrogen) atoms. The van der Waals surface area contributed by atoms with E-state index >= 15 is 0 Å². The number of benzene rings is 2. The van der Waals surface area contributed by atoms with Crippen LogP contribution in [0.2, 0.25) is 10.0 Å². The monoisotopic (exact) mass is 529 g/mol. The number of aromatic amines is 1. The minimum atomic E-state index is -1.16. The Bertz CT molecular complexity index is 1460. The third kappa shape index (κ3) is 5.17. The number of rotatable bonds is 9. The highest BCUT2D eigenvalue weighted by molar-refractivity contribution is 6.38. The number of H-pyrrole nitrogens is 1. The van der Waals surface area contributed by atoms with Crippen LogP contribution in [-0.4, -0.2) is 51.5 Å². The number of unbranched alkanes of at least 4 members (excludes halogenated alkanes) is 1. The highest BCUT2D eigenvalue weighted by Crippen LogP contribution is 2.33. The van der Waals surface area contributed by atoms with Crippen molar-refractivity contribution in [3.8, 4) is 11.4 Å². The molecule has 188 valence electrons. The van der Waals surface area contributed by atoms with Crippen molar-refractivity contribution in [2.75, 3.05) is 25.6 Å². The molecule has 0 saturated carbocycles. The summed E-state index contributed by atoms with van der Waals surface area (Å²) in [6.07, 6.45) is 2.41. The number of carboxylic acid groups (broad SMARTS) is 1. The number of nitrogens with one attached hydrogen (secondary N) is 1. The van der Waals surface area contributed by atoms with Gasteiger partial charge in [-0.2, -0.15) is 0 Å². The molecule has 0 fully saturated rings. The van der Waals surface area contributed by atoms with E-state index in [4.69, 9.17) is 27.9 Å². The van der Waals surface area contributed by atoms with E-state index in [0.717, 1.165) is 24.2 Å². The van der Waals surface area contributed by atoms with E-state index in [0.29, 0.717) is 24.7 Å². The average Bonchev–Trinajstić information content (AvgIpc) is 3.20. The topological polar surface area (TPSA) is 113 Å². The van der Waals surface area contributed by atoms with Gasteiger partial charge in [-0.15, -0.1) is 5.10 Å². The second kappa shape index (κ2) is 10.6. The minimum Gasteiger partial charge on any atom is -0.494 e. The third-order valence-electron chi connectivity index (χ3n) is 5.53. The van der Waals surface area contributed by atoms with Gasteiger partial charge in [-0.25, -0.2) is 14.5 Å². The zero-order chi connectivity index (χ0) is 26.0. The Balaban J connectivity index is 1.78. The second-order valence-electron chi connectivity index (χ2n) is 8.46. The van der Waals surface area contributed by atoms with E-state index in [-0.39, 0.29) is 37.9 Å². The molecule has 2 aromatic heterocycles. The summed E-state index contributed by atoms with van der Waals surface area (Å²) in [4.78, 5) is 33.7. The number of aromatic nitrogens is 4. The smallest absolute Gasteiger partial charge is 0.335 e. The Hall–Kier alpha value is -3.56. The normalized spacial score (nSPS) is 11.1. The molecule has 4 aromatic rings. The molecule has 2 aromatic carbocycles. The number of carboxylic acids is 1. The molecule has 0 bridgehead atoms. The first-order chi connectivity index (χ1) is 17.2. The molecule has 0 aliphatic carbocycles. The number of anilines is 1. The predicted octanol–water partition coefficient (Wildman–Crippen LogP) is 4.95. The first kappa shape index (κ1) is 25.5. The SMILES string of the molecule is CCCCOc1ccc(Cc2nc3c(c(N(C)C)nn3-c3c(Cl)cc(C(=O)O)cc3Cl)c(=O)[nH]2)cc1. The number of hydrogen-bond donors (Lipinski definition) is 2. The zero-order valence-corrected chi connectivity index (χ0v) is 21.5. The Labute approximate surface area is 217 Å². The van der Waals surface area contributed by atoms with Gasteiger partial charge in [-0.3, -0.25) is 4.79 Å². The van der Waals surface area contributed by atoms with Gasteiger partial charge >= 0.3 is 5.97 Å². The molecule has 11 heteroatoms. The maximum Gasteiger partial charge on any atom is 0.335 e. The number of hydrogen-bond acceptors (Lipinski definition) is 6. The van der Waals surface area contributed by atoms with Crippen molar-refractivity contribution in [1.29, 1.82) is 0 Å². The van der Waals surface area contributed by atoms with E-state index in [2.05, 4.69) is 22.0 Å². The van der Waals surface area contributed by atoms with Crippen LogP contribution in [0.3, 0.4) is 0 Å². The number of fused-ring (bicyclic) bond motifs is 1. The molecule has 0 atom stereocenters. The summed E-state index contributed by atoms with van der Waals surface area (Å²) < 4.78 is 7.09. The first-order valence-corrected chi connectivity index (χ1v) is 12.1. The molecule has 2 N–H and O–H groups in total. The van der Waals surface area contributed by atoms with Gasteiger partial charge in [-0.05, 0) is 36.2 Å². The lowest BCUT2D eigenvalue weighted by molar-refractivity contribution is 0.0697. The molecule has 9 nitrogen and oxygen atoms in total. The fourth-order valence-electron chi connectivity index (χ4n) is 3.73. The van der Waals surface area contributed by atoms with Crippen molar-refractivity contribution in [2.45, 2.75) is 26.2 Å². The van der Waals surface area contributed by atoms with Crippen LogP contribution < -0.4 is 15.2 Å². The van der Waals surface area contributed by atoms with Crippen LogP contribution >= 0.6 is 23.2 Å². The first-order valence-electron chi connectivity index (χ1n) is 11.3. The van der Waals surface area contributed by atoms with Crippen LogP contribution in [0.4, 0.5) is 5.82 Å². The standard InChI is InChI=1S/C25H25Cl2N5O4/c1-4-5-10-36-16-8-6-14(7-9-16)11-19-28-22-20(24(33)29-19)23(31(2)3)30-32(22)21-17(26)12-15(25(34)35)13-18(21)27/h6-9,12-13H,4-5,10-11H2,1-3H3,(H,34,35)(H,28,29,33). The van der Waals surface area contributed by atoms with Gasteiger partial charge < -0.3 is 19.7 Å². The Morgan fingerprint density at radius 3 is 2.42 bits per heavy atom. The molecule has 0 aliphatic heterocycles. The van der Waals surface area contributed by atoms with Crippen LogP contribution in [0, 0.1) is 0 Å². The highest BCUT2D eigenvalue weighted by atomic mass is 35.5. The third-order valence-corrected chi connectivity index (χ3v) is 6.11. The van der Waals surface area contributed by atoms with E-state index < -0.39 is 5.97 Å². The molecular weight excluding hydrogens is 505 g/mol. The molecule has 0 spiro atoms. The maximum atomic E-state index is 13.1. The quantitative estimate of drug-likeness (QED) is 0.295. The Morgan fingerprint density at radius 2 is 1.83 bits per heavy atom. The van der Waals surface area contributed by atoms with Crippen LogP contribution in [0.5, 0.6) is 5.75 Å². The van der Waals surface area contributed by atoms with Crippen LogP contribution in [0.15, 0.2) is 41.2 Å². The van der Waals surface area contributed by atoms with Gasteiger partial charge in [0.25, 0.3) is 5.56 Å². The minimum absolute atomic E-state index is 0.0633. The van der Waals surface area contributed by atoms with Crippen LogP contribution in [0.1, 0.15) is 41.5 Å². The fraction of sp³-hybridized carbons (Fsp3) is 0.280. The summed E-state index contributed by atoms with van der Waals surface area (Å²) >= 11 is 12.8. The molecule has 0 aliphatic rings. The van der Waals surface area contributed by atoms with Crippen molar-refractivity contribution < 1.29 is 14.6 Å². The summed E-state index contributed by atoms with van der Waals surface area (Å²) in [5.41, 5.74) is 0.995. The number of carbonyl (C=O) groups is 1. The molecular formula is C25H25Cl2N5O4. The van der Waals surface area contributed by atoms with Crippen molar-refractivity contribution >= 4 is 46.0 Å². The van der Waals surface area contributed by atoms with Crippen molar-refractivity contribution in [3.05, 3.63) is 73.7 Å². The van der Waals surface area contributed by atoms with E-state index in [1.54, 1.807) is 19.0 Å². The van der Waals surface area contributed by atoms with Gasteiger partial charge in [-0.1, -0.05) is 48.7 Å². The fourth-order valence-corrected chi connectivity index (χ4v) is 4.38. The number of aromatic carboxylic acids is 1. The lowest BCUT2D eigenvalue weighted by Gasteiger charge is -2.10. The predicted molar refractivity (Wildman–Crippen MR) is 140 cm³/mol. The van der Waals surface area contributed by atoms with Crippen molar-refractivity contribution in [2.24, 2.45) is 0 Å². The maximum absolute atomic E-state index is 13.1. The number of halogens is 2. The van der Waals surface area contributed by atoms with Gasteiger partial charge in [0.15, 0.2) is 11.5 Å². The Morgan fingerprint density at radius 1 is 1.17 bits per heavy atom. The molecule has 2 heterocycles. The molecule has 0 saturated heterocycles. The summed E-state index contributed by atoms with van der Waals surface area (Å²) in [6.45, 7) is 2.77. The summed E-state index contributed by atoms with van der Waals surface area (Å²) in [5.74, 6) is 0.413. The number of ether oxygens (including phenoxy) is 1. The lowest BCUT2D eigenvalue weighted by atomic mass is 10.1. The van der Waals surface area contributed by atoms with Crippen molar-refractivity contribution in [3.63, 3.8) is 0 Å². The average molecular weight is 530 g/mol. The summed E-state index contributed by atoms with van der Waals surface area (Å²) in [5, 5.41) is 14.2. The molecule has 4 rings (SSSR count). The van der Waals surface area contributed by atoms with E-state index in [1.165, 1.54) is 16.8 Å². The molecule has 0 radical (unpaired) electrons. The lowest BCUT2D eigenvalue weighted by Crippen LogP contribution is -2.16. The molecule has 0 amide bonds. The Kier molecular flexibility index (Phi) is 7.51. The highest BCUT2D eigenvalue weighted by Gasteiger charge is 2.23. The van der Waals surface area contributed by atoms with Crippen LogP contribution in [0.25, 0.3) is 16.7 Å². The van der Waals surface area contributed by atoms with Gasteiger partial charge in [0.1, 0.15) is 22.6 Å². The van der Waals surface area contributed by atoms with Gasteiger partial charge in [0, 0.05) is 20.5 Å². The van der Waals surface area contributed by atoms with E-state index in [1.807, 2.05) is 24.3 Å². The van der Waals surface area contributed by atoms with Crippen molar-refractivity contribution in [1.82, 2.24) is 19.7 Å². The summed E-state index contributed by atoms with van der Waals surface area (Å²) in [7, 11) is 3.50. The van der Waals surface area contributed by atoms with Crippen LogP contribution in [-0.2, 0) is 6.42 Å². The largest absolute Gasteiger partial charge is 0.494 e. The van der Waals surface area contributed by atoms with Gasteiger partial charge in [0.2, 0.25) is 0 Å². The summed E-state index contributed by atoms with van der Waals surface area (Å²) in [6, 6.07) is 10.2. The van der Waals surface area contributed by atoms with Gasteiger partial charge in [0.05, 0.1) is 22.2 Å². The molecule has 0 unspecified atom stereocenters. The number of nitrogens with zero attached hydrogens (tertiary/aromatic N) is 4. The van der Waals surface area contributed by atoms with E-state index in [9.17, 15) is 14.7 Å². The zero-order valence-electron chi connectivity index (χ0n) is 20.0. The second-order valence-corrected chi connectivity index (χ2v) is 9.27.